The Labute approximate surface area is 173 Å². The van der Waals surface area contributed by atoms with Crippen LogP contribution in [0.5, 0.6) is 0 Å². The number of aryl methyl sites for hydroxylation is 1. The summed E-state index contributed by atoms with van der Waals surface area (Å²) in [6.07, 6.45) is 3.04. The predicted octanol–water partition coefficient (Wildman–Crippen LogP) is 3.48. The third-order valence-electron chi connectivity index (χ3n) is 6.08. The minimum atomic E-state index is -0.191. The van der Waals surface area contributed by atoms with E-state index in [-0.39, 0.29) is 11.3 Å². The van der Waals surface area contributed by atoms with E-state index < -0.39 is 0 Å². The fourth-order valence-corrected chi connectivity index (χ4v) is 4.53. The van der Waals surface area contributed by atoms with Crippen LogP contribution in [0.1, 0.15) is 54.0 Å². The maximum absolute atomic E-state index is 13.3. The van der Waals surface area contributed by atoms with E-state index in [1.54, 1.807) is 18.0 Å². The number of carbonyl (C=O) groups excluding carboxylic acids is 1. The molecule has 29 heavy (non-hydrogen) atoms. The van der Waals surface area contributed by atoms with E-state index in [0.29, 0.717) is 24.6 Å². The molecule has 0 unspecified atom stereocenters. The Morgan fingerprint density at radius 1 is 1.21 bits per heavy atom. The number of rotatable bonds is 7. The fourth-order valence-electron chi connectivity index (χ4n) is 4.53. The Morgan fingerprint density at radius 3 is 2.59 bits per heavy atom. The normalized spacial score (nSPS) is 16.9. The second kappa shape index (κ2) is 9.40. The highest BCUT2D eigenvalue weighted by Crippen LogP contribution is 2.21. The molecule has 1 aliphatic heterocycles. The molecule has 1 amide bonds. The van der Waals surface area contributed by atoms with Crippen LogP contribution in [0.4, 0.5) is 0 Å². The van der Waals surface area contributed by atoms with Gasteiger partial charge in [0.2, 0.25) is 0 Å². The van der Waals surface area contributed by atoms with Crippen LogP contribution in [0.2, 0.25) is 0 Å². The molecule has 0 spiro atoms. The van der Waals surface area contributed by atoms with E-state index in [1.807, 2.05) is 44.2 Å². The lowest BCUT2D eigenvalue weighted by molar-refractivity contribution is 0.0781. The molecule has 0 bridgehead atoms. The van der Waals surface area contributed by atoms with Gasteiger partial charge in [-0.2, -0.15) is 0 Å². The number of hydrogen-bond donors (Lipinski definition) is 0. The molecule has 1 aliphatic rings. The molecule has 156 valence electrons. The summed E-state index contributed by atoms with van der Waals surface area (Å²) in [4.78, 5) is 30.3. The monoisotopic (exact) mass is 395 g/mol. The molecule has 0 saturated carbocycles. The van der Waals surface area contributed by atoms with Crippen LogP contribution in [0.15, 0.2) is 41.2 Å². The second-order valence-corrected chi connectivity index (χ2v) is 8.01. The molecular weight excluding hydrogens is 362 g/mol. The van der Waals surface area contributed by atoms with Crippen LogP contribution < -0.4 is 5.43 Å². The van der Waals surface area contributed by atoms with E-state index in [0.717, 1.165) is 36.6 Å². The molecule has 1 saturated heterocycles. The molecular formula is C24H33N3O2. The summed E-state index contributed by atoms with van der Waals surface area (Å²) in [5.74, 6) is -0.191. The van der Waals surface area contributed by atoms with Crippen molar-refractivity contribution in [2.45, 2.75) is 59.2 Å². The van der Waals surface area contributed by atoms with Crippen molar-refractivity contribution in [3.05, 3.63) is 69.1 Å². The average molecular weight is 396 g/mol. The Kier molecular flexibility index (Phi) is 6.91. The first kappa shape index (κ1) is 21.3. The maximum Gasteiger partial charge on any atom is 0.259 e. The van der Waals surface area contributed by atoms with E-state index in [2.05, 4.69) is 16.4 Å². The minimum absolute atomic E-state index is 0.167. The highest BCUT2D eigenvalue weighted by Gasteiger charge is 2.27. The lowest BCUT2D eigenvalue weighted by Gasteiger charge is -2.28. The van der Waals surface area contributed by atoms with Crippen LogP contribution in [0.3, 0.4) is 0 Å². The molecule has 0 radical (unpaired) electrons. The SMILES string of the molecule is CCc1c(C(=O)N(C)Cc2ccccc2)c(=O)cc(C)n1C[C@H]1CCCN1CC. The number of likely N-dealkylation sites (N-methyl/N-ethyl adjacent to an activating group) is 1. The molecule has 1 fully saturated rings. The number of aromatic nitrogens is 1. The van der Waals surface area contributed by atoms with Crippen LogP contribution >= 0.6 is 0 Å². The number of pyridine rings is 1. The van der Waals surface area contributed by atoms with Crippen molar-refractivity contribution >= 4 is 5.91 Å². The smallest absolute Gasteiger partial charge is 0.259 e. The largest absolute Gasteiger partial charge is 0.346 e. The van der Waals surface area contributed by atoms with E-state index in [4.69, 9.17) is 0 Å². The standard InChI is InChI=1S/C24H33N3O2/c1-5-21-23(24(29)25(4)16-19-11-8-7-9-12-19)22(28)15-18(3)27(21)17-20-13-10-14-26(20)6-2/h7-9,11-12,15,20H,5-6,10,13-14,16-17H2,1-4H3/t20-/m1/s1. The molecule has 0 aliphatic carbocycles. The molecule has 2 aromatic rings. The van der Waals surface area contributed by atoms with Gasteiger partial charge in [-0.1, -0.05) is 44.2 Å². The summed E-state index contributed by atoms with van der Waals surface area (Å²) in [5.41, 5.74) is 3.02. The van der Waals surface area contributed by atoms with Gasteiger partial charge in [-0.3, -0.25) is 14.5 Å². The Bertz CT molecular complexity index is 904. The van der Waals surface area contributed by atoms with Gasteiger partial charge in [-0.15, -0.1) is 0 Å². The zero-order valence-electron chi connectivity index (χ0n) is 18.1. The summed E-state index contributed by atoms with van der Waals surface area (Å²) in [5, 5.41) is 0. The summed E-state index contributed by atoms with van der Waals surface area (Å²) in [7, 11) is 1.77. The third-order valence-corrected chi connectivity index (χ3v) is 6.08. The van der Waals surface area contributed by atoms with Gasteiger partial charge in [0.05, 0.1) is 0 Å². The quantitative estimate of drug-likeness (QED) is 0.721. The number of benzene rings is 1. The fraction of sp³-hybridized carbons (Fsp3) is 0.500. The lowest BCUT2D eigenvalue weighted by atomic mass is 10.1. The van der Waals surface area contributed by atoms with Crippen LogP contribution in [-0.4, -0.2) is 46.5 Å². The van der Waals surface area contributed by atoms with Crippen LogP contribution in [0, 0.1) is 6.92 Å². The number of hydrogen-bond acceptors (Lipinski definition) is 3. The topological polar surface area (TPSA) is 45.6 Å². The van der Waals surface area contributed by atoms with Crippen LogP contribution in [0.25, 0.3) is 0 Å². The van der Waals surface area contributed by atoms with E-state index in [1.165, 1.54) is 12.8 Å². The highest BCUT2D eigenvalue weighted by atomic mass is 16.2. The van der Waals surface area contributed by atoms with Crippen molar-refractivity contribution in [3.8, 4) is 0 Å². The van der Waals surface area contributed by atoms with Gasteiger partial charge in [0.1, 0.15) is 5.56 Å². The molecule has 5 heteroatoms. The molecule has 3 rings (SSSR count). The van der Waals surface area contributed by atoms with Crippen molar-refractivity contribution in [1.29, 1.82) is 0 Å². The number of amides is 1. The predicted molar refractivity (Wildman–Crippen MR) is 117 cm³/mol. The van der Waals surface area contributed by atoms with Gasteiger partial charge < -0.3 is 9.47 Å². The summed E-state index contributed by atoms with van der Waals surface area (Å²) >= 11 is 0. The summed E-state index contributed by atoms with van der Waals surface area (Å²) < 4.78 is 2.21. The van der Waals surface area contributed by atoms with Crippen LogP contribution in [-0.2, 0) is 19.5 Å². The zero-order chi connectivity index (χ0) is 21.0. The third kappa shape index (κ3) is 4.61. The van der Waals surface area contributed by atoms with Crippen molar-refractivity contribution in [2.24, 2.45) is 0 Å². The van der Waals surface area contributed by atoms with Crippen molar-refractivity contribution in [1.82, 2.24) is 14.4 Å². The Balaban J connectivity index is 1.93. The van der Waals surface area contributed by atoms with Crippen molar-refractivity contribution < 1.29 is 4.79 Å². The second-order valence-electron chi connectivity index (χ2n) is 8.01. The summed E-state index contributed by atoms with van der Waals surface area (Å²) in [6.45, 7) is 9.71. The van der Waals surface area contributed by atoms with Gasteiger partial charge in [0.15, 0.2) is 5.43 Å². The maximum atomic E-state index is 13.3. The first-order valence-corrected chi connectivity index (χ1v) is 10.7. The first-order valence-electron chi connectivity index (χ1n) is 10.7. The molecule has 1 aromatic carbocycles. The van der Waals surface area contributed by atoms with Gasteiger partial charge in [0.25, 0.3) is 5.91 Å². The Hall–Kier alpha value is -2.40. The number of carbonyl (C=O) groups is 1. The van der Waals surface area contributed by atoms with E-state index in [9.17, 15) is 9.59 Å². The Morgan fingerprint density at radius 2 is 1.93 bits per heavy atom. The number of likely N-dealkylation sites (tertiary alicyclic amines) is 1. The lowest BCUT2D eigenvalue weighted by Crippen LogP contribution is -2.37. The molecule has 1 aromatic heterocycles. The van der Waals surface area contributed by atoms with Gasteiger partial charge >= 0.3 is 0 Å². The molecule has 5 nitrogen and oxygen atoms in total. The number of nitrogens with zero attached hydrogens (tertiary/aromatic N) is 3. The molecule has 2 heterocycles. The average Bonchev–Trinajstić information content (AvgIpc) is 3.17. The van der Waals surface area contributed by atoms with E-state index >= 15 is 0 Å². The first-order chi connectivity index (χ1) is 14.0. The van der Waals surface area contributed by atoms with Gasteiger partial charge in [-0.25, -0.2) is 0 Å². The van der Waals surface area contributed by atoms with Gasteiger partial charge in [0, 0.05) is 43.6 Å². The zero-order valence-corrected chi connectivity index (χ0v) is 18.1. The van der Waals surface area contributed by atoms with Crippen molar-refractivity contribution in [3.63, 3.8) is 0 Å². The highest BCUT2D eigenvalue weighted by molar-refractivity contribution is 5.95. The molecule has 1 atom stereocenters. The minimum Gasteiger partial charge on any atom is -0.346 e. The summed E-state index contributed by atoms with van der Waals surface area (Å²) in [6, 6.07) is 12.0. The molecule has 0 N–H and O–H groups in total. The van der Waals surface area contributed by atoms with Gasteiger partial charge in [-0.05, 0) is 44.8 Å². The van der Waals surface area contributed by atoms with Crippen molar-refractivity contribution in [2.75, 3.05) is 20.1 Å².